The molecule has 0 saturated heterocycles. The summed E-state index contributed by atoms with van der Waals surface area (Å²) in [5, 5.41) is 6.11. The highest BCUT2D eigenvalue weighted by atomic mass is 35.5. The highest BCUT2D eigenvalue weighted by molar-refractivity contribution is 7.14. The number of nitrogens with one attached hydrogen (secondary N) is 2. The zero-order valence-corrected chi connectivity index (χ0v) is 14.7. The van der Waals surface area contributed by atoms with E-state index in [9.17, 15) is 9.59 Å². The molecule has 4 nitrogen and oxygen atoms in total. The Labute approximate surface area is 154 Å². The second-order valence-electron chi connectivity index (χ2n) is 5.28. The van der Waals surface area contributed by atoms with Crippen LogP contribution in [0, 0.1) is 0 Å². The number of carbonyl (C=O) groups is 2. The Morgan fingerprint density at radius 3 is 2.36 bits per heavy atom. The van der Waals surface area contributed by atoms with Gasteiger partial charge in [-0.15, -0.1) is 11.3 Å². The summed E-state index contributed by atoms with van der Waals surface area (Å²) in [7, 11) is 0. The van der Waals surface area contributed by atoms with Crippen molar-refractivity contribution in [1.82, 2.24) is 5.32 Å². The zero-order valence-electron chi connectivity index (χ0n) is 13.2. The number of urea groups is 1. The summed E-state index contributed by atoms with van der Waals surface area (Å²) in [6.45, 7) is 0.353. The molecule has 0 atom stereocenters. The molecule has 0 aliphatic rings. The molecule has 0 radical (unpaired) electrons. The van der Waals surface area contributed by atoms with E-state index in [2.05, 4.69) is 10.6 Å². The lowest BCUT2D eigenvalue weighted by Crippen LogP contribution is -2.27. The van der Waals surface area contributed by atoms with Crippen molar-refractivity contribution in [3.8, 4) is 0 Å². The number of thiophene rings is 1. The topological polar surface area (TPSA) is 58.2 Å². The van der Waals surface area contributed by atoms with Crippen molar-refractivity contribution in [1.29, 1.82) is 0 Å². The van der Waals surface area contributed by atoms with Gasteiger partial charge in [0.25, 0.3) is 0 Å². The molecule has 0 fully saturated rings. The third-order valence-electron chi connectivity index (χ3n) is 3.45. The lowest BCUT2D eigenvalue weighted by molar-refractivity contribution is 0.104. The molecule has 3 rings (SSSR count). The SMILES string of the molecule is O=C(NCc1ccc(C(=O)c2ccccc2)s1)Nc1ccc(Cl)cc1. The van der Waals surface area contributed by atoms with Crippen molar-refractivity contribution in [3.63, 3.8) is 0 Å². The summed E-state index contributed by atoms with van der Waals surface area (Å²) in [6, 6.07) is 19.3. The van der Waals surface area contributed by atoms with Crippen LogP contribution in [0.2, 0.25) is 5.02 Å². The van der Waals surface area contributed by atoms with E-state index in [1.54, 1.807) is 42.5 Å². The highest BCUT2D eigenvalue weighted by Gasteiger charge is 2.12. The number of hydrogen-bond acceptors (Lipinski definition) is 3. The molecule has 0 bridgehead atoms. The van der Waals surface area contributed by atoms with E-state index in [0.717, 1.165) is 4.88 Å². The van der Waals surface area contributed by atoms with E-state index >= 15 is 0 Å². The van der Waals surface area contributed by atoms with Gasteiger partial charge in [-0.05, 0) is 36.4 Å². The van der Waals surface area contributed by atoms with Gasteiger partial charge in [0, 0.05) is 21.2 Å². The quantitative estimate of drug-likeness (QED) is 0.624. The molecule has 25 heavy (non-hydrogen) atoms. The second kappa shape index (κ2) is 7.96. The minimum Gasteiger partial charge on any atom is -0.333 e. The molecule has 2 N–H and O–H groups in total. The van der Waals surface area contributed by atoms with Gasteiger partial charge < -0.3 is 10.6 Å². The average Bonchev–Trinajstić information content (AvgIpc) is 3.11. The Balaban J connectivity index is 1.55. The maximum atomic E-state index is 12.4. The first-order valence-electron chi connectivity index (χ1n) is 7.61. The van der Waals surface area contributed by atoms with Crippen LogP contribution in [0.5, 0.6) is 0 Å². The van der Waals surface area contributed by atoms with E-state index in [0.29, 0.717) is 27.7 Å². The van der Waals surface area contributed by atoms with Crippen LogP contribution in [0.15, 0.2) is 66.7 Å². The van der Waals surface area contributed by atoms with Crippen molar-refractivity contribution in [2.75, 3.05) is 5.32 Å². The molecular weight excluding hydrogens is 356 g/mol. The average molecular weight is 371 g/mol. The molecule has 0 unspecified atom stereocenters. The molecule has 0 spiro atoms. The predicted molar refractivity (Wildman–Crippen MR) is 102 cm³/mol. The van der Waals surface area contributed by atoms with Crippen LogP contribution in [-0.2, 0) is 6.54 Å². The van der Waals surface area contributed by atoms with Crippen LogP contribution in [0.1, 0.15) is 20.1 Å². The van der Waals surface area contributed by atoms with Gasteiger partial charge in [-0.2, -0.15) is 0 Å². The van der Waals surface area contributed by atoms with Gasteiger partial charge in [0.05, 0.1) is 11.4 Å². The summed E-state index contributed by atoms with van der Waals surface area (Å²) in [5.41, 5.74) is 1.32. The normalized spacial score (nSPS) is 10.3. The second-order valence-corrected chi connectivity index (χ2v) is 6.88. The molecule has 3 aromatic rings. The summed E-state index contributed by atoms with van der Waals surface area (Å²) in [4.78, 5) is 25.8. The van der Waals surface area contributed by atoms with Gasteiger partial charge in [-0.3, -0.25) is 4.79 Å². The smallest absolute Gasteiger partial charge is 0.319 e. The van der Waals surface area contributed by atoms with Crippen molar-refractivity contribution < 1.29 is 9.59 Å². The summed E-state index contributed by atoms with van der Waals surface area (Å²) in [6.07, 6.45) is 0. The number of anilines is 1. The molecular formula is C19H15ClN2O2S. The van der Waals surface area contributed by atoms with Crippen LogP contribution in [-0.4, -0.2) is 11.8 Å². The molecule has 0 aliphatic carbocycles. The number of benzene rings is 2. The molecule has 1 heterocycles. The van der Waals surface area contributed by atoms with Crippen LogP contribution in [0.25, 0.3) is 0 Å². The van der Waals surface area contributed by atoms with E-state index < -0.39 is 0 Å². The molecule has 1 aromatic heterocycles. The fraction of sp³-hybridized carbons (Fsp3) is 0.0526. The molecule has 0 saturated carbocycles. The van der Waals surface area contributed by atoms with Gasteiger partial charge in [-0.1, -0.05) is 41.9 Å². The van der Waals surface area contributed by atoms with Gasteiger partial charge in [0.15, 0.2) is 0 Å². The van der Waals surface area contributed by atoms with E-state index in [1.807, 2.05) is 24.3 Å². The standard InChI is InChI=1S/C19H15ClN2O2S/c20-14-6-8-15(9-7-14)22-19(24)21-12-16-10-11-17(25-16)18(23)13-4-2-1-3-5-13/h1-11H,12H2,(H2,21,22,24). The van der Waals surface area contributed by atoms with Gasteiger partial charge in [0.1, 0.15) is 0 Å². The van der Waals surface area contributed by atoms with E-state index in [4.69, 9.17) is 11.6 Å². The Morgan fingerprint density at radius 1 is 0.920 bits per heavy atom. The van der Waals surface area contributed by atoms with Gasteiger partial charge >= 0.3 is 6.03 Å². The van der Waals surface area contributed by atoms with Gasteiger partial charge in [-0.25, -0.2) is 4.79 Å². The van der Waals surface area contributed by atoms with Crippen molar-refractivity contribution in [2.45, 2.75) is 6.54 Å². The van der Waals surface area contributed by atoms with Crippen LogP contribution in [0.4, 0.5) is 10.5 Å². The number of ketones is 1. The fourth-order valence-electron chi connectivity index (χ4n) is 2.20. The van der Waals surface area contributed by atoms with E-state index in [1.165, 1.54) is 11.3 Å². The zero-order chi connectivity index (χ0) is 17.6. The first-order valence-corrected chi connectivity index (χ1v) is 8.80. The number of rotatable bonds is 5. The summed E-state index contributed by atoms with van der Waals surface area (Å²) >= 11 is 7.18. The number of carbonyl (C=O) groups excluding carboxylic acids is 2. The van der Waals surface area contributed by atoms with Crippen molar-refractivity contribution in [3.05, 3.63) is 87.1 Å². The first-order chi connectivity index (χ1) is 12.1. The summed E-state index contributed by atoms with van der Waals surface area (Å²) < 4.78 is 0. The Kier molecular flexibility index (Phi) is 5.48. The number of amides is 2. The first kappa shape index (κ1) is 17.2. The number of hydrogen-bond donors (Lipinski definition) is 2. The largest absolute Gasteiger partial charge is 0.333 e. The molecule has 6 heteroatoms. The Morgan fingerprint density at radius 2 is 1.64 bits per heavy atom. The van der Waals surface area contributed by atoms with E-state index in [-0.39, 0.29) is 11.8 Å². The molecule has 2 amide bonds. The molecule has 2 aromatic carbocycles. The lowest BCUT2D eigenvalue weighted by atomic mass is 10.1. The minimum atomic E-state index is -0.313. The maximum absolute atomic E-state index is 12.4. The number of halogens is 1. The van der Waals surface area contributed by atoms with Gasteiger partial charge in [0.2, 0.25) is 5.78 Å². The minimum absolute atomic E-state index is 0.0116. The lowest BCUT2D eigenvalue weighted by Gasteiger charge is -2.06. The third kappa shape index (κ3) is 4.68. The summed E-state index contributed by atoms with van der Waals surface area (Å²) in [5.74, 6) is -0.0116. The molecule has 126 valence electrons. The Hall–Kier alpha value is -2.63. The fourth-order valence-corrected chi connectivity index (χ4v) is 3.24. The van der Waals surface area contributed by atoms with Crippen LogP contribution >= 0.6 is 22.9 Å². The predicted octanol–water partition coefficient (Wildman–Crippen LogP) is 4.95. The maximum Gasteiger partial charge on any atom is 0.319 e. The highest BCUT2D eigenvalue weighted by Crippen LogP contribution is 2.20. The van der Waals surface area contributed by atoms with Crippen LogP contribution in [0.3, 0.4) is 0 Å². The Bertz CT molecular complexity index is 876. The van der Waals surface area contributed by atoms with Crippen molar-refractivity contribution in [2.24, 2.45) is 0 Å². The van der Waals surface area contributed by atoms with Crippen LogP contribution < -0.4 is 10.6 Å². The monoisotopic (exact) mass is 370 g/mol. The molecule has 0 aliphatic heterocycles. The third-order valence-corrected chi connectivity index (χ3v) is 4.78. The van der Waals surface area contributed by atoms with Crippen molar-refractivity contribution >= 4 is 40.4 Å².